The van der Waals surface area contributed by atoms with E-state index >= 15 is 0 Å². The highest BCUT2D eigenvalue weighted by Crippen LogP contribution is 2.27. The SMILES string of the molecule is O=C1OC(c2ccccc2)=CC1=Cc1[nH]c(=S)[nH]c(=O)c1Cc1ccc(Cl)cc1. The number of ether oxygens (including phenoxy) is 1. The number of benzene rings is 2. The van der Waals surface area contributed by atoms with Crippen molar-refractivity contribution in [3.8, 4) is 0 Å². The zero-order valence-electron chi connectivity index (χ0n) is 15.1. The summed E-state index contributed by atoms with van der Waals surface area (Å²) in [5.41, 5.74) is 2.64. The van der Waals surface area contributed by atoms with Crippen molar-refractivity contribution >= 4 is 41.6 Å². The second-order valence-electron chi connectivity index (χ2n) is 6.47. The third-order valence-corrected chi connectivity index (χ3v) is 4.91. The van der Waals surface area contributed by atoms with Crippen LogP contribution >= 0.6 is 23.8 Å². The van der Waals surface area contributed by atoms with Crippen molar-refractivity contribution in [1.29, 1.82) is 0 Å². The lowest BCUT2D eigenvalue weighted by Crippen LogP contribution is -2.17. The summed E-state index contributed by atoms with van der Waals surface area (Å²) in [6.07, 6.45) is 3.60. The van der Waals surface area contributed by atoms with Gasteiger partial charge in [0.25, 0.3) is 5.56 Å². The number of hydrogen-bond acceptors (Lipinski definition) is 4. The molecular weight excluding hydrogens is 408 g/mol. The summed E-state index contributed by atoms with van der Waals surface area (Å²) in [6, 6.07) is 16.5. The highest BCUT2D eigenvalue weighted by atomic mass is 35.5. The Balaban J connectivity index is 1.75. The van der Waals surface area contributed by atoms with Gasteiger partial charge in [0.15, 0.2) is 4.77 Å². The molecule has 144 valence electrons. The summed E-state index contributed by atoms with van der Waals surface area (Å²) in [5, 5.41) is 0.616. The largest absolute Gasteiger partial charge is 0.422 e. The maximum absolute atomic E-state index is 12.5. The zero-order chi connectivity index (χ0) is 20.4. The minimum absolute atomic E-state index is 0.181. The summed E-state index contributed by atoms with van der Waals surface area (Å²) in [4.78, 5) is 30.5. The molecule has 0 unspecified atom stereocenters. The number of aromatic nitrogens is 2. The molecule has 0 atom stereocenters. The van der Waals surface area contributed by atoms with E-state index in [1.807, 2.05) is 42.5 Å². The molecule has 1 aliphatic heterocycles. The average molecular weight is 423 g/mol. The maximum Gasteiger partial charge on any atom is 0.343 e. The fourth-order valence-electron chi connectivity index (χ4n) is 3.02. The van der Waals surface area contributed by atoms with E-state index in [2.05, 4.69) is 9.97 Å². The lowest BCUT2D eigenvalue weighted by molar-refractivity contribution is -0.130. The lowest BCUT2D eigenvalue weighted by Gasteiger charge is -2.06. The molecule has 1 aromatic heterocycles. The molecule has 0 bridgehead atoms. The van der Waals surface area contributed by atoms with Crippen molar-refractivity contribution in [3.63, 3.8) is 0 Å². The topological polar surface area (TPSA) is 75.0 Å². The van der Waals surface area contributed by atoms with Crippen LogP contribution in [0, 0.1) is 4.77 Å². The van der Waals surface area contributed by atoms with Crippen LogP contribution in [-0.4, -0.2) is 15.9 Å². The molecule has 2 N–H and O–H groups in total. The molecule has 0 amide bonds. The van der Waals surface area contributed by atoms with Crippen molar-refractivity contribution < 1.29 is 9.53 Å². The highest BCUT2D eigenvalue weighted by Gasteiger charge is 2.22. The molecule has 29 heavy (non-hydrogen) atoms. The van der Waals surface area contributed by atoms with E-state index in [1.54, 1.807) is 24.3 Å². The van der Waals surface area contributed by atoms with Crippen molar-refractivity contribution in [1.82, 2.24) is 9.97 Å². The van der Waals surface area contributed by atoms with Gasteiger partial charge in [0, 0.05) is 22.6 Å². The average Bonchev–Trinajstić information content (AvgIpc) is 3.07. The minimum Gasteiger partial charge on any atom is -0.422 e. The molecule has 3 aromatic rings. The molecule has 4 rings (SSSR count). The molecule has 0 aliphatic carbocycles. The number of nitrogens with one attached hydrogen (secondary N) is 2. The molecule has 2 aromatic carbocycles. The van der Waals surface area contributed by atoms with Crippen LogP contribution in [0.15, 0.2) is 71.0 Å². The van der Waals surface area contributed by atoms with Gasteiger partial charge < -0.3 is 9.72 Å². The summed E-state index contributed by atoms with van der Waals surface area (Å²) < 4.78 is 5.56. The summed E-state index contributed by atoms with van der Waals surface area (Å²) >= 11 is 11.0. The second-order valence-corrected chi connectivity index (χ2v) is 7.31. The standard InChI is InChI=1S/C22H15ClN2O3S/c23-16-8-6-13(7-9-16)10-17-18(24-22(29)25-20(17)26)11-15-12-19(28-21(15)27)14-4-2-1-3-5-14/h1-9,11-12H,10H2,(H2,24,25,26,29). The summed E-state index contributed by atoms with van der Waals surface area (Å²) in [7, 11) is 0. The molecule has 0 radical (unpaired) electrons. The van der Waals surface area contributed by atoms with E-state index in [9.17, 15) is 9.59 Å². The van der Waals surface area contributed by atoms with Crippen LogP contribution < -0.4 is 5.56 Å². The number of aromatic amines is 2. The molecule has 0 fully saturated rings. The molecule has 7 heteroatoms. The molecular formula is C22H15ClN2O3S. The van der Waals surface area contributed by atoms with E-state index < -0.39 is 5.97 Å². The first kappa shape index (κ1) is 19.1. The van der Waals surface area contributed by atoms with Gasteiger partial charge in [-0.15, -0.1) is 0 Å². The Morgan fingerprint density at radius 2 is 1.72 bits per heavy atom. The van der Waals surface area contributed by atoms with E-state index in [0.29, 0.717) is 34.0 Å². The minimum atomic E-state index is -0.485. The van der Waals surface area contributed by atoms with E-state index in [1.165, 1.54) is 0 Å². The van der Waals surface area contributed by atoms with E-state index in [0.717, 1.165) is 11.1 Å². The van der Waals surface area contributed by atoms with Crippen molar-refractivity contribution in [3.05, 3.63) is 109 Å². The summed E-state index contributed by atoms with van der Waals surface area (Å²) in [6.45, 7) is 0. The monoisotopic (exact) mass is 422 g/mol. The maximum atomic E-state index is 12.5. The highest BCUT2D eigenvalue weighted by molar-refractivity contribution is 7.71. The van der Waals surface area contributed by atoms with Crippen LogP contribution in [0.25, 0.3) is 11.8 Å². The first-order valence-corrected chi connectivity index (χ1v) is 9.59. The number of cyclic esters (lactones) is 1. The quantitative estimate of drug-likeness (QED) is 0.364. The number of H-pyrrole nitrogens is 2. The smallest absolute Gasteiger partial charge is 0.343 e. The molecule has 0 spiro atoms. The van der Waals surface area contributed by atoms with E-state index in [-0.39, 0.29) is 10.3 Å². The van der Waals surface area contributed by atoms with Gasteiger partial charge in [-0.05, 0) is 42.1 Å². The van der Waals surface area contributed by atoms with Crippen LogP contribution in [0.1, 0.15) is 22.4 Å². The van der Waals surface area contributed by atoms with Gasteiger partial charge in [-0.25, -0.2) is 4.79 Å². The van der Waals surface area contributed by atoms with Crippen LogP contribution in [0.2, 0.25) is 5.02 Å². The zero-order valence-corrected chi connectivity index (χ0v) is 16.6. The molecule has 5 nitrogen and oxygen atoms in total. The first-order valence-electron chi connectivity index (χ1n) is 8.80. The van der Waals surface area contributed by atoms with Crippen molar-refractivity contribution in [2.75, 3.05) is 0 Å². The van der Waals surface area contributed by atoms with Gasteiger partial charge in [-0.1, -0.05) is 54.1 Å². The number of esters is 1. The van der Waals surface area contributed by atoms with Gasteiger partial charge in [0.1, 0.15) is 5.76 Å². The number of halogens is 1. The van der Waals surface area contributed by atoms with Gasteiger partial charge >= 0.3 is 5.97 Å². The third-order valence-electron chi connectivity index (χ3n) is 4.45. The normalized spacial score (nSPS) is 14.7. The Morgan fingerprint density at radius 1 is 1.00 bits per heavy atom. The number of carbonyl (C=O) groups excluding carboxylic acids is 1. The Morgan fingerprint density at radius 3 is 2.45 bits per heavy atom. The number of hydrogen-bond donors (Lipinski definition) is 2. The molecule has 0 saturated carbocycles. The van der Waals surface area contributed by atoms with E-state index in [4.69, 9.17) is 28.6 Å². The van der Waals surface area contributed by atoms with Crippen molar-refractivity contribution in [2.24, 2.45) is 0 Å². The molecule has 2 heterocycles. The Labute approximate surface area is 176 Å². The fraction of sp³-hybridized carbons (Fsp3) is 0.0455. The summed E-state index contributed by atoms with van der Waals surface area (Å²) in [5.74, 6) is -0.0227. The van der Waals surface area contributed by atoms with Crippen molar-refractivity contribution in [2.45, 2.75) is 6.42 Å². The predicted molar refractivity (Wildman–Crippen MR) is 115 cm³/mol. The Kier molecular flexibility index (Phi) is 5.29. The lowest BCUT2D eigenvalue weighted by atomic mass is 10.0. The predicted octanol–water partition coefficient (Wildman–Crippen LogP) is 4.66. The first-order chi connectivity index (χ1) is 14.0. The second kappa shape index (κ2) is 8.03. The fourth-order valence-corrected chi connectivity index (χ4v) is 3.35. The third kappa shape index (κ3) is 4.29. The Bertz CT molecular complexity index is 1260. The van der Waals surface area contributed by atoms with Crippen LogP contribution in [-0.2, 0) is 16.0 Å². The molecule has 1 aliphatic rings. The number of carbonyl (C=O) groups is 1. The van der Waals surface area contributed by atoms with Crippen LogP contribution in [0.3, 0.4) is 0 Å². The van der Waals surface area contributed by atoms with Crippen LogP contribution in [0.4, 0.5) is 0 Å². The van der Waals surface area contributed by atoms with Crippen LogP contribution in [0.5, 0.6) is 0 Å². The van der Waals surface area contributed by atoms with Gasteiger partial charge in [-0.3, -0.25) is 9.78 Å². The van der Waals surface area contributed by atoms with Gasteiger partial charge in [0.05, 0.1) is 11.3 Å². The van der Waals surface area contributed by atoms with Gasteiger partial charge in [-0.2, -0.15) is 0 Å². The Hall–Kier alpha value is -3.22. The van der Waals surface area contributed by atoms with Gasteiger partial charge in [0.2, 0.25) is 0 Å². The molecule has 0 saturated heterocycles. The number of rotatable bonds is 4.